The van der Waals surface area contributed by atoms with Crippen molar-refractivity contribution in [1.29, 1.82) is 0 Å². The van der Waals surface area contributed by atoms with Gasteiger partial charge in [0.15, 0.2) is 0 Å². The van der Waals surface area contributed by atoms with Gasteiger partial charge in [0.1, 0.15) is 5.56 Å². The number of rotatable bonds is 8. The number of halogens is 1. The number of pyridine rings is 1. The van der Waals surface area contributed by atoms with E-state index in [4.69, 9.17) is 21.3 Å². The second-order valence-corrected chi connectivity index (χ2v) is 14.0. The summed E-state index contributed by atoms with van der Waals surface area (Å²) in [5, 5.41) is 15.9. The Morgan fingerprint density at radius 3 is 2.63 bits per heavy atom. The number of aryl methyl sites for hydroxylation is 2. The minimum Gasteiger partial charge on any atom is -0.481 e. The minimum atomic E-state index is -0.680. The van der Waals surface area contributed by atoms with E-state index < -0.39 is 17.2 Å². The van der Waals surface area contributed by atoms with Crippen LogP contribution in [-0.4, -0.2) is 86.4 Å². The van der Waals surface area contributed by atoms with Gasteiger partial charge in [0.25, 0.3) is 11.5 Å². The van der Waals surface area contributed by atoms with Crippen LogP contribution in [-0.2, 0) is 20.5 Å². The Balaban J connectivity index is 1.16. The molecule has 1 spiro atoms. The van der Waals surface area contributed by atoms with Crippen molar-refractivity contribution < 1.29 is 19.4 Å². The lowest BCUT2D eigenvalue weighted by atomic mass is 9.96. The number of hydrogen-bond donors (Lipinski definition) is 3. The molecule has 2 aromatic carbocycles. The number of nitrogens with zero attached hydrogens (tertiary/aromatic N) is 5. The Kier molecular flexibility index (Phi) is 8.98. The average Bonchev–Trinajstić information content (AvgIpc) is 3.82. The number of anilines is 1. The van der Waals surface area contributed by atoms with Crippen LogP contribution in [0, 0.1) is 6.92 Å². The highest BCUT2D eigenvalue weighted by Gasteiger charge is 2.49. The summed E-state index contributed by atoms with van der Waals surface area (Å²) in [5.74, 6) is -0.0740. The van der Waals surface area contributed by atoms with E-state index in [0.717, 1.165) is 63.8 Å². The first-order valence-corrected chi connectivity index (χ1v) is 17.3. The molecule has 14 heteroatoms. The van der Waals surface area contributed by atoms with Crippen LogP contribution in [0.15, 0.2) is 58.3 Å². The number of fused-ring (bicyclic) bond motifs is 1. The van der Waals surface area contributed by atoms with Crippen molar-refractivity contribution in [3.63, 3.8) is 0 Å². The van der Waals surface area contributed by atoms with Gasteiger partial charge >= 0.3 is 11.7 Å². The van der Waals surface area contributed by atoms with E-state index in [-0.39, 0.29) is 29.8 Å². The Bertz CT molecular complexity index is 2200. The number of methoxy groups -OCH3 is 1. The molecule has 2 aromatic heterocycles. The Hall–Kier alpha value is -4.98. The van der Waals surface area contributed by atoms with Crippen molar-refractivity contribution in [2.75, 3.05) is 45.2 Å². The topological polar surface area (TPSA) is 151 Å². The van der Waals surface area contributed by atoms with Crippen LogP contribution in [0.2, 0.25) is 5.02 Å². The lowest BCUT2D eigenvalue weighted by molar-refractivity contribution is 0.102. The number of hydrogen-bond acceptors (Lipinski definition) is 8. The van der Waals surface area contributed by atoms with Crippen LogP contribution < -0.4 is 26.6 Å². The van der Waals surface area contributed by atoms with Gasteiger partial charge in [0, 0.05) is 74.9 Å². The van der Waals surface area contributed by atoms with Crippen molar-refractivity contribution in [3.05, 3.63) is 96.8 Å². The van der Waals surface area contributed by atoms with E-state index in [9.17, 15) is 24.3 Å². The van der Waals surface area contributed by atoms with Crippen molar-refractivity contribution in [2.45, 2.75) is 37.8 Å². The third-order valence-corrected chi connectivity index (χ3v) is 10.9. The second-order valence-electron chi connectivity index (χ2n) is 13.6. The summed E-state index contributed by atoms with van der Waals surface area (Å²) >= 11 is 7.16. The number of benzene rings is 2. The van der Waals surface area contributed by atoms with Gasteiger partial charge in [-0.2, -0.15) is 0 Å². The fraction of sp³-hybridized carbons (Fsp3) is 0.378. The Morgan fingerprint density at radius 2 is 1.86 bits per heavy atom. The molecule has 2 saturated heterocycles. The molecule has 3 amide bonds. The number of ether oxygens (including phenoxy) is 1. The molecule has 13 nitrogen and oxygen atoms in total. The molecule has 7 rings (SSSR count). The van der Waals surface area contributed by atoms with Crippen LogP contribution in [0.25, 0.3) is 22.4 Å². The van der Waals surface area contributed by atoms with E-state index in [2.05, 4.69) is 21.6 Å². The van der Waals surface area contributed by atoms with Crippen LogP contribution in [0.1, 0.15) is 45.9 Å². The van der Waals surface area contributed by atoms with Crippen molar-refractivity contribution >= 4 is 29.2 Å². The number of β-amino-alcohol motifs (C(OH)–C–C–N with tert-alkyl or cyclic N) is 1. The summed E-state index contributed by atoms with van der Waals surface area (Å²) in [4.78, 5) is 59.7. The Labute approximate surface area is 299 Å². The second kappa shape index (κ2) is 13.3. The number of carbonyl (C=O) groups is 2. The maximum atomic E-state index is 13.2. The maximum absolute atomic E-state index is 13.2. The monoisotopic (exact) mass is 713 g/mol. The van der Waals surface area contributed by atoms with Gasteiger partial charge in [-0.3, -0.25) is 19.1 Å². The number of nitrogens with one attached hydrogen (secondary N) is 2. The fourth-order valence-corrected chi connectivity index (χ4v) is 8.21. The highest BCUT2D eigenvalue weighted by molar-refractivity contribution is 6.36. The SMILES string of the molecule is COc1nc(-c2cccc(-c3cccc(NC(=O)c4cn(C)c(=O)n(C)c4=O)c3C)c2Cl)cc2c1[C@H](N1CC[C@@]3(CN(CCO)C(=O)N3)C1)CC2. The van der Waals surface area contributed by atoms with Crippen LogP contribution in [0.4, 0.5) is 10.5 Å². The Morgan fingerprint density at radius 1 is 1.12 bits per heavy atom. The van der Waals surface area contributed by atoms with Crippen molar-refractivity contribution in [1.82, 2.24) is 29.2 Å². The molecule has 0 radical (unpaired) electrons. The number of carbonyl (C=O) groups excluding carboxylic acids is 2. The molecule has 0 saturated carbocycles. The maximum Gasteiger partial charge on any atom is 0.330 e. The molecule has 4 heterocycles. The fourth-order valence-electron chi connectivity index (χ4n) is 7.88. The minimum absolute atomic E-state index is 0.0610. The average molecular weight is 714 g/mol. The van der Waals surface area contributed by atoms with Gasteiger partial charge in [-0.1, -0.05) is 41.9 Å². The number of amides is 3. The zero-order valence-corrected chi connectivity index (χ0v) is 29.7. The number of aliphatic hydroxyl groups is 1. The van der Waals surface area contributed by atoms with Gasteiger partial charge < -0.3 is 29.9 Å². The first-order valence-electron chi connectivity index (χ1n) is 16.9. The molecule has 51 heavy (non-hydrogen) atoms. The molecule has 2 atom stereocenters. The molecule has 2 fully saturated rings. The molecule has 0 unspecified atom stereocenters. The molecule has 0 bridgehead atoms. The highest BCUT2D eigenvalue weighted by Crippen LogP contribution is 2.46. The molecule has 266 valence electrons. The molecular weight excluding hydrogens is 674 g/mol. The molecule has 4 aromatic rings. The lowest BCUT2D eigenvalue weighted by Crippen LogP contribution is -2.46. The molecule has 3 aliphatic rings. The molecule has 1 aliphatic carbocycles. The highest BCUT2D eigenvalue weighted by atomic mass is 35.5. The first kappa shape index (κ1) is 34.5. The molecule has 3 N–H and O–H groups in total. The van der Waals surface area contributed by atoms with Crippen LogP contribution in [0.3, 0.4) is 0 Å². The van der Waals surface area contributed by atoms with Crippen molar-refractivity contribution in [3.8, 4) is 28.3 Å². The van der Waals surface area contributed by atoms with Gasteiger partial charge in [0.2, 0.25) is 5.88 Å². The quantitative estimate of drug-likeness (QED) is 0.251. The normalized spacial score (nSPS) is 19.8. The zero-order chi connectivity index (χ0) is 36.2. The lowest BCUT2D eigenvalue weighted by Gasteiger charge is -2.28. The van der Waals surface area contributed by atoms with Crippen molar-refractivity contribution in [2.24, 2.45) is 14.1 Å². The predicted octanol–water partition coefficient (Wildman–Crippen LogP) is 3.49. The number of likely N-dealkylation sites (tertiary alicyclic amines) is 1. The van der Waals surface area contributed by atoms with Gasteiger partial charge in [-0.25, -0.2) is 14.6 Å². The summed E-state index contributed by atoms with van der Waals surface area (Å²) in [7, 11) is 4.45. The first-order chi connectivity index (χ1) is 24.4. The van der Waals surface area contributed by atoms with Gasteiger partial charge in [-0.05, 0) is 55.0 Å². The van der Waals surface area contributed by atoms with E-state index in [1.54, 1.807) is 24.1 Å². The predicted molar refractivity (Wildman–Crippen MR) is 193 cm³/mol. The third-order valence-electron chi connectivity index (χ3n) is 10.5. The summed E-state index contributed by atoms with van der Waals surface area (Å²) in [6, 6.07) is 13.3. The summed E-state index contributed by atoms with van der Waals surface area (Å²) < 4.78 is 8.01. The summed E-state index contributed by atoms with van der Waals surface area (Å²) in [6.45, 7) is 4.25. The van der Waals surface area contributed by atoms with E-state index in [1.807, 2.05) is 31.2 Å². The number of urea groups is 1. The van der Waals surface area contributed by atoms with Crippen LogP contribution in [0.5, 0.6) is 5.88 Å². The van der Waals surface area contributed by atoms with Gasteiger partial charge in [0.05, 0.1) is 30.0 Å². The summed E-state index contributed by atoms with van der Waals surface area (Å²) in [5.41, 5.74) is 4.73. The largest absolute Gasteiger partial charge is 0.481 e. The smallest absolute Gasteiger partial charge is 0.330 e. The molecule has 2 aliphatic heterocycles. The number of aromatic nitrogens is 3. The number of aliphatic hydroxyl groups excluding tert-OH is 1. The van der Waals surface area contributed by atoms with E-state index in [1.165, 1.54) is 24.9 Å². The van der Waals surface area contributed by atoms with E-state index in [0.29, 0.717) is 41.9 Å². The van der Waals surface area contributed by atoms with Crippen LogP contribution >= 0.6 is 11.6 Å². The zero-order valence-electron chi connectivity index (χ0n) is 29.0. The summed E-state index contributed by atoms with van der Waals surface area (Å²) in [6.07, 6.45) is 3.81. The third kappa shape index (κ3) is 5.98. The molecular formula is C37H40ClN7O6. The standard InChI is InChI=1S/C37H40ClN7O6/c1-21-23(7-6-10-27(21)39-32(47)26-18-42(2)36(50)43(3)34(26)48)24-8-5-9-25(31(24)38)28-17-22-11-12-29(30(22)33(40-28)51-4)44-14-13-37(19-44)20-45(15-16-46)35(49)41-37/h5-10,17-18,29,46H,11-16,19-20H2,1-4H3,(H,39,47)(H,41,49)/t29-,37+/m1/s1. The van der Waals surface area contributed by atoms with E-state index >= 15 is 0 Å². The van der Waals surface area contributed by atoms with Gasteiger partial charge in [-0.15, -0.1) is 0 Å².